The summed E-state index contributed by atoms with van der Waals surface area (Å²) in [5.74, 6) is 0. The smallest absolute Gasteiger partial charge is 0.0762 e. The van der Waals surface area contributed by atoms with Crippen LogP contribution >= 0.6 is 12.0 Å². The van der Waals surface area contributed by atoms with Crippen molar-refractivity contribution in [2.45, 2.75) is 4.90 Å². The molecule has 0 fully saturated rings. The van der Waals surface area contributed by atoms with Gasteiger partial charge in [0.25, 0.3) is 0 Å². The fraction of sp³-hybridized carbons (Fsp3) is 0. The quantitative estimate of drug-likeness (QED) is 0.356. The molecule has 1 heterocycles. The number of aromatic amines is 1. The molecule has 2 N–H and O–H groups in total. The Labute approximate surface area is 50.0 Å². The van der Waals surface area contributed by atoms with Crippen molar-refractivity contribution in [3.8, 4) is 0 Å². The first kappa shape index (κ1) is 5.61. The minimum atomic E-state index is 0.743. The summed E-state index contributed by atoms with van der Waals surface area (Å²) in [4.78, 5) is 0.743. The molecular formula is C3H4N2O2S. The van der Waals surface area contributed by atoms with E-state index in [1.807, 2.05) is 0 Å². The maximum absolute atomic E-state index is 7.86. The van der Waals surface area contributed by atoms with Crippen LogP contribution in [0.3, 0.4) is 0 Å². The number of hydrogen-bond donors (Lipinski definition) is 2. The third-order valence-corrected chi connectivity index (χ3v) is 1.10. The summed E-state index contributed by atoms with van der Waals surface area (Å²) in [6.45, 7) is 0. The van der Waals surface area contributed by atoms with Crippen molar-refractivity contribution in [3.63, 3.8) is 0 Å². The lowest BCUT2D eigenvalue weighted by atomic mass is 10.7. The van der Waals surface area contributed by atoms with E-state index < -0.39 is 0 Å². The number of nitrogens with zero attached hydrogens (tertiary/aromatic N) is 1. The Morgan fingerprint density at radius 3 is 3.25 bits per heavy atom. The molecule has 8 heavy (non-hydrogen) atoms. The lowest BCUT2D eigenvalue weighted by molar-refractivity contribution is -0.116. The molecule has 0 aliphatic carbocycles. The second kappa shape index (κ2) is 2.71. The fourth-order valence-electron chi connectivity index (χ4n) is 0.328. The zero-order valence-corrected chi connectivity index (χ0v) is 4.68. The van der Waals surface area contributed by atoms with Crippen LogP contribution in [0.5, 0.6) is 0 Å². The van der Waals surface area contributed by atoms with E-state index in [1.165, 1.54) is 0 Å². The van der Waals surface area contributed by atoms with E-state index in [1.54, 1.807) is 12.4 Å². The van der Waals surface area contributed by atoms with Gasteiger partial charge < -0.3 is 0 Å². The zero-order chi connectivity index (χ0) is 5.82. The molecule has 0 aliphatic heterocycles. The van der Waals surface area contributed by atoms with Gasteiger partial charge in [0, 0.05) is 6.20 Å². The van der Waals surface area contributed by atoms with Crippen molar-refractivity contribution in [2.75, 3.05) is 0 Å². The summed E-state index contributed by atoms with van der Waals surface area (Å²) in [5.41, 5.74) is 0. The van der Waals surface area contributed by atoms with Crippen LogP contribution in [0.15, 0.2) is 17.3 Å². The molecule has 0 aromatic carbocycles. The predicted octanol–water partition coefficient (Wildman–Crippen LogP) is 0.906. The Kier molecular flexibility index (Phi) is 1.90. The van der Waals surface area contributed by atoms with E-state index in [-0.39, 0.29) is 0 Å². The van der Waals surface area contributed by atoms with E-state index in [0.717, 1.165) is 16.9 Å². The zero-order valence-electron chi connectivity index (χ0n) is 3.87. The van der Waals surface area contributed by atoms with Gasteiger partial charge >= 0.3 is 0 Å². The number of nitrogens with one attached hydrogen (secondary N) is 1. The topological polar surface area (TPSA) is 58.1 Å². The average Bonchev–Trinajstić information content (AvgIpc) is 2.19. The Balaban J connectivity index is 2.50. The van der Waals surface area contributed by atoms with E-state index in [0.29, 0.717) is 0 Å². The van der Waals surface area contributed by atoms with Gasteiger partial charge in [0.2, 0.25) is 0 Å². The van der Waals surface area contributed by atoms with Crippen LogP contribution < -0.4 is 0 Å². The summed E-state index contributed by atoms with van der Waals surface area (Å²) in [6.07, 6.45) is 3.15. The van der Waals surface area contributed by atoms with Crippen molar-refractivity contribution >= 4 is 12.0 Å². The summed E-state index contributed by atoms with van der Waals surface area (Å²) in [7, 11) is 0. The fourth-order valence-corrected chi connectivity index (χ4v) is 0.610. The van der Waals surface area contributed by atoms with E-state index in [2.05, 4.69) is 14.5 Å². The minimum Gasteiger partial charge on any atom is -0.284 e. The lowest BCUT2D eigenvalue weighted by Crippen LogP contribution is -1.64. The Morgan fingerprint density at radius 2 is 2.75 bits per heavy atom. The van der Waals surface area contributed by atoms with Crippen molar-refractivity contribution in [1.29, 1.82) is 0 Å². The van der Waals surface area contributed by atoms with Gasteiger partial charge in [0.15, 0.2) is 0 Å². The van der Waals surface area contributed by atoms with Crippen molar-refractivity contribution in [3.05, 3.63) is 12.4 Å². The van der Waals surface area contributed by atoms with Crippen LogP contribution in [0.1, 0.15) is 0 Å². The lowest BCUT2D eigenvalue weighted by Gasteiger charge is -1.83. The van der Waals surface area contributed by atoms with Crippen LogP contribution in [0.4, 0.5) is 0 Å². The molecule has 0 atom stereocenters. The van der Waals surface area contributed by atoms with Gasteiger partial charge in [-0.25, -0.2) is 5.26 Å². The van der Waals surface area contributed by atoms with Crippen LogP contribution in [0.25, 0.3) is 0 Å². The van der Waals surface area contributed by atoms with Crippen molar-refractivity contribution < 1.29 is 9.59 Å². The average molecular weight is 132 g/mol. The van der Waals surface area contributed by atoms with Crippen molar-refractivity contribution in [2.24, 2.45) is 0 Å². The molecule has 0 bridgehead atoms. The molecule has 0 spiro atoms. The maximum Gasteiger partial charge on any atom is 0.0762 e. The molecule has 0 saturated heterocycles. The highest BCUT2D eigenvalue weighted by Gasteiger charge is 1.90. The summed E-state index contributed by atoms with van der Waals surface area (Å²) < 4.78 is 3.74. The standard InChI is InChI=1S/C3H4N2O2S/c6-7-8-3-1-4-5-2-3/h1-2,6H,(H,4,5). The van der Waals surface area contributed by atoms with Gasteiger partial charge in [0.05, 0.1) is 23.1 Å². The molecule has 44 valence electrons. The number of aromatic nitrogens is 2. The second-order valence-corrected chi connectivity index (χ2v) is 1.88. The highest BCUT2D eigenvalue weighted by atomic mass is 32.2. The van der Waals surface area contributed by atoms with E-state index >= 15 is 0 Å². The predicted molar refractivity (Wildman–Crippen MR) is 28.2 cm³/mol. The number of H-pyrrole nitrogens is 1. The molecule has 1 aromatic rings. The van der Waals surface area contributed by atoms with Gasteiger partial charge in [-0.2, -0.15) is 9.43 Å². The van der Waals surface area contributed by atoms with Crippen LogP contribution in [0, 0.1) is 0 Å². The molecule has 0 amide bonds. The molecule has 1 rings (SSSR count). The Bertz CT molecular complexity index is 141. The van der Waals surface area contributed by atoms with Crippen LogP contribution in [-0.4, -0.2) is 15.5 Å². The molecule has 0 aliphatic rings. The van der Waals surface area contributed by atoms with E-state index in [9.17, 15) is 0 Å². The number of hydrogen-bond acceptors (Lipinski definition) is 4. The van der Waals surface area contributed by atoms with E-state index in [4.69, 9.17) is 5.26 Å². The Morgan fingerprint density at radius 1 is 1.88 bits per heavy atom. The normalized spacial score (nSPS) is 9.62. The largest absolute Gasteiger partial charge is 0.284 e. The van der Waals surface area contributed by atoms with Gasteiger partial charge in [0.1, 0.15) is 0 Å². The summed E-state index contributed by atoms with van der Waals surface area (Å²) in [5, 5.41) is 14.0. The molecular weight excluding hydrogens is 128 g/mol. The molecule has 1 aromatic heterocycles. The molecule has 4 nitrogen and oxygen atoms in total. The van der Waals surface area contributed by atoms with Crippen LogP contribution in [0.2, 0.25) is 0 Å². The SMILES string of the molecule is OOSc1cn[nH]c1. The Hall–Kier alpha value is -0.520. The van der Waals surface area contributed by atoms with Gasteiger partial charge in [-0.3, -0.25) is 5.10 Å². The first-order valence-electron chi connectivity index (χ1n) is 1.90. The molecule has 5 heteroatoms. The highest BCUT2D eigenvalue weighted by molar-refractivity contribution is 7.94. The van der Waals surface area contributed by atoms with Gasteiger partial charge in [-0.15, -0.1) is 0 Å². The third-order valence-electron chi connectivity index (χ3n) is 0.607. The molecule has 0 unspecified atom stereocenters. The van der Waals surface area contributed by atoms with Crippen LogP contribution in [-0.2, 0) is 4.33 Å². The second-order valence-electron chi connectivity index (χ2n) is 1.09. The maximum atomic E-state index is 7.86. The molecule has 0 radical (unpaired) electrons. The summed E-state index contributed by atoms with van der Waals surface area (Å²) in [6, 6.07) is 0. The first-order chi connectivity index (χ1) is 3.93. The third kappa shape index (κ3) is 1.22. The van der Waals surface area contributed by atoms with Gasteiger partial charge in [-0.05, 0) is 0 Å². The monoisotopic (exact) mass is 132 g/mol. The first-order valence-corrected chi connectivity index (χ1v) is 2.64. The number of rotatable bonds is 2. The van der Waals surface area contributed by atoms with Gasteiger partial charge in [-0.1, -0.05) is 0 Å². The van der Waals surface area contributed by atoms with Crippen molar-refractivity contribution in [1.82, 2.24) is 10.2 Å². The minimum absolute atomic E-state index is 0.743. The molecule has 0 saturated carbocycles. The summed E-state index contributed by atoms with van der Waals surface area (Å²) >= 11 is 0.844. The highest BCUT2D eigenvalue weighted by Crippen LogP contribution is 2.13.